The highest BCUT2D eigenvalue weighted by Gasteiger charge is 2.33. The molecule has 0 bridgehead atoms. The topological polar surface area (TPSA) is 62.3 Å². The van der Waals surface area contributed by atoms with Crippen molar-refractivity contribution in [2.75, 3.05) is 13.1 Å². The number of hydrogen-bond acceptors (Lipinski definition) is 4. The van der Waals surface area contributed by atoms with Gasteiger partial charge in [-0.3, -0.25) is 4.98 Å². The molecule has 1 aliphatic heterocycles. The minimum atomic E-state index is -3.13. The first-order valence-electron chi connectivity index (χ1n) is 7.52. The lowest BCUT2D eigenvalue weighted by atomic mass is 9.95. The van der Waals surface area contributed by atoms with Crippen LogP contribution < -0.4 is 5.32 Å². The second kappa shape index (κ2) is 6.85. The van der Waals surface area contributed by atoms with Gasteiger partial charge in [-0.2, -0.15) is 0 Å². The van der Waals surface area contributed by atoms with Crippen LogP contribution in [0.3, 0.4) is 0 Å². The SMILES string of the molecule is CC1CN(S(=O)(=O)C(C)C)CCC1NCc1ccncc1. The summed E-state index contributed by atoms with van der Waals surface area (Å²) in [4.78, 5) is 4.01. The summed E-state index contributed by atoms with van der Waals surface area (Å²) in [5.74, 6) is 0.314. The number of hydrogen-bond donors (Lipinski definition) is 1. The lowest BCUT2D eigenvalue weighted by molar-refractivity contribution is 0.218. The third-order valence-corrected chi connectivity index (χ3v) is 6.38. The van der Waals surface area contributed by atoms with Crippen molar-refractivity contribution in [3.63, 3.8) is 0 Å². The van der Waals surface area contributed by atoms with Crippen molar-refractivity contribution >= 4 is 10.0 Å². The van der Waals surface area contributed by atoms with Gasteiger partial charge in [0.2, 0.25) is 10.0 Å². The van der Waals surface area contributed by atoms with E-state index in [-0.39, 0.29) is 5.25 Å². The number of rotatable bonds is 5. The predicted molar refractivity (Wildman–Crippen MR) is 84.3 cm³/mol. The first-order valence-corrected chi connectivity index (χ1v) is 9.03. The molecular weight excluding hydrogens is 286 g/mol. The third kappa shape index (κ3) is 4.02. The monoisotopic (exact) mass is 311 g/mol. The van der Waals surface area contributed by atoms with Crippen LogP contribution in [-0.2, 0) is 16.6 Å². The van der Waals surface area contributed by atoms with E-state index >= 15 is 0 Å². The van der Waals surface area contributed by atoms with Gasteiger partial charge in [-0.1, -0.05) is 6.92 Å². The molecule has 0 aliphatic carbocycles. The fraction of sp³-hybridized carbons (Fsp3) is 0.667. The Morgan fingerprint density at radius 2 is 2.05 bits per heavy atom. The Morgan fingerprint density at radius 3 is 2.62 bits per heavy atom. The first kappa shape index (κ1) is 16.4. The summed E-state index contributed by atoms with van der Waals surface area (Å²) >= 11 is 0. The predicted octanol–water partition coefficient (Wildman–Crippen LogP) is 1.62. The van der Waals surface area contributed by atoms with Crippen molar-refractivity contribution < 1.29 is 8.42 Å². The zero-order valence-electron chi connectivity index (χ0n) is 13.0. The molecule has 0 radical (unpaired) electrons. The maximum Gasteiger partial charge on any atom is 0.216 e. The number of piperidine rings is 1. The van der Waals surface area contributed by atoms with E-state index in [1.807, 2.05) is 12.1 Å². The van der Waals surface area contributed by atoms with E-state index in [0.29, 0.717) is 25.0 Å². The van der Waals surface area contributed by atoms with Gasteiger partial charge in [-0.25, -0.2) is 12.7 Å². The van der Waals surface area contributed by atoms with Crippen molar-refractivity contribution in [3.05, 3.63) is 30.1 Å². The molecule has 2 rings (SSSR count). The van der Waals surface area contributed by atoms with E-state index in [1.54, 1.807) is 30.5 Å². The zero-order chi connectivity index (χ0) is 15.5. The molecule has 1 aliphatic rings. The molecule has 6 heteroatoms. The summed E-state index contributed by atoms with van der Waals surface area (Å²) in [6.07, 6.45) is 4.44. The number of nitrogens with zero attached hydrogens (tertiary/aromatic N) is 2. The van der Waals surface area contributed by atoms with E-state index in [9.17, 15) is 8.42 Å². The second-order valence-electron chi connectivity index (χ2n) is 6.06. The van der Waals surface area contributed by atoms with Crippen LogP contribution in [0.4, 0.5) is 0 Å². The van der Waals surface area contributed by atoms with Crippen LogP contribution in [0.15, 0.2) is 24.5 Å². The highest BCUT2D eigenvalue weighted by Crippen LogP contribution is 2.21. The van der Waals surface area contributed by atoms with Gasteiger partial charge in [0.05, 0.1) is 5.25 Å². The lowest BCUT2D eigenvalue weighted by Gasteiger charge is -2.37. The lowest BCUT2D eigenvalue weighted by Crippen LogP contribution is -2.51. The molecule has 2 heterocycles. The van der Waals surface area contributed by atoms with Crippen LogP contribution in [0.2, 0.25) is 0 Å². The number of nitrogens with one attached hydrogen (secondary N) is 1. The van der Waals surface area contributed by atoms with Crippen LogP contribution in [0.25, 0.3) is 0 Å². The Kier molecular flexibility index (Phi) is 5.35. The van der Waals surface area contributed by atoms with Crippen molar-refractivity contribution in [1.29, 1.82) is 0 Å². The number of aromatic nitrogens is 1. The Morgan fingerprint density at radius 1 is 1.38 bits per heavy atom. The second-order valence-corrected chi connectivity index (χ2v) is 8.55. The first-order chi connectivity index (χ1) is 9.91. The molecule has 1 aromatic heterocycles. The van der Waals surface area contributed by atoms with Gasteiger partial charge in [0, 0.05) is 38.1 Å². The molecule has 1 saturated heterocycles. The van der Waals surface area contributed by atoms with Crippen LogP contribution in [0, 0.1) is 5.92 Å². The van der Waals surface area contributed by atoms with E-state index in [4.69, 9.17) is 0 Å². The number of pyridine rings is 1. The van der Waals surface area contributed by atoms with Gasteiger partial charge in [0.15, 0.2) is 0 Å². The van der Waals surface area contributed by atoms with Crippen LogP contribution in [0.1, 0.15) is 32.8 Å². The molecule has 2 atom stereocenters. The smallest absolute Gasteiger partial charge is 0.216 e. The fourth-order valence-corrected chi connectivity index (χ4v) is 4.09. The molecule has 118 valence electrons. The zero-order valence-corrected chi connectivity index (χ0v) is 13.8. The molecule has 0 saturated carbocycles. The van der Waals surface area contributed by atoms with Crippen molar-refractivity contribution in [1.82, 2.24) is 14.6 Å². The maximum atomic E-state index is 12.2. The summed E-state index contributed by atoms with van der Waals surface area (Å²) in [7, 11) is -3.13. The summed E-state index contributed by atoms with van der Waals surface area (Å²) in [5, 5.41) is 3.20. The van der Waals surface area contributed by atoms with Crippen molar-refractivity contribution in [2.24, 2.45) is 5.92 Å². The van der Waals surface area contributed by atoms with Gasteiger partial charge >= 0.3 is 0 Å². The molecule has 1 fully saturated rings. The minimum absolute atomic E-state index is 0.314. The van der Waals surface area contributed by atoms with Gasteiger partial charge < -0.3 is 5.32 Å². The van der Waals surface area contributed by atoms with Gasteiger partial charge in [-0.15, -0.1) is 0 Å². The van der Waals surface area contributed by atoms with Crippen LogP contribution >= 0.6 is 0 Å². The van der Waals surface area contributed by atoms with Crippen molar-refractivity contribution in [3.8, 4) is 0 Å². The Labute approximate surface area is 127 Å². The molecule has 2 unspecified atom stereocenters. The summed E-state index contributed by atoms with van der Waals surface area (Å²) in [5.41, 5.74) is 1.20. The Bertz CT molecular complexity index is 545. The van der Waals surface area contributed by atoms with Gasteiger partial charge in [-0.05, 0) is 43.9 Å². The Hall–Kier alpha value is -0.980. The average Bonchev–Trinajstić information content (AvgIpc) is 2.46. The molecule has 1 aromatic rings. The Balaban J connectivity index is 1.90. The summed E-state index contributed by atoms with van der Waals surface area (Å²) in [6.45, 7) is 7.62. The maximum absolute atomic E-state index is 12.2. The van der Waals surface area contributed by atoms with Gasteiger partial charge in [0.1, 0.15) is 0 Å². The van der Waals surface area contributed by atoms with E-state index in [0.717, 1.165) is 13.0 Å². The number of sulfonamides is 1. The normalized spacial score (nSPS) is 24.4. The summed E-state index contributed by atoms with van der Waals surface area (Å²) in [6, 6.07) is 4.35. The molecular formula is C15H25N3O2S. The largest absolute Gasteiger partial charge is 0.310 e. The molecule has 0 amide bonds. The van der Waals surface area contributed by atoms with Crippen LogP contribution in [-0.4, -0.2) is 42.1 Å². The third-order valence-electron chi connectivity index (χ3n) is 4.14. The standard InChI is InChI=1S/C15H25N3O2S/c1-12(2)21(19,20)18-9-6-15(13(3)11-18)17-10-14-4-7-16-8-5-14/h4-5,7-8,12-13,15,17H,6,9-11H2,1-3H3. The molecule has 1 N–H and O–H groups in total. The quantitative estimate of drug-likeness (QED) is 0.897. The van der Waals surface area contributed by atoms with Crippen molar-refractivity contribution in [2.45, 2.75) is 45.0 Å². The minimum Gasteiger partial charge on any atom is -0.310 e. The summed E-state index contributed by atoms with van der Waals surface area (Å²) < 4.78 is 26.1. The van der Waals surface area contributed by atoms with E-state index < -0.39 is 10.0 Å². The van der Waals surface area contributed by atoms with E-state index in [2.05, 4.69) is 17.2 Å². The molecule has 0 spiro atoms. The molecule has 5 nitrogen and oxygen atoms in total. The fourth-order valence-electron chi connectivity index (χ4n) is 2.69. The molecule has 0 aromatic carbocycles. The molecule has 21 heavy (non-hydrogen) atoms. The highest BCUT2D eigenvalue weighted by molar-refractivity contribution is 7.89. The van der Waals surface area contributed by atoms with Crippen LogP contribution in [0.5, 0.6) is 0 Å². The van der Waals surface area contributed by atoms with E-state index in [1.165, 1.54) is 5.56 Å². The van der Waals surface area contributed by atoms with Gasteiger partial charge in [0.25, 0.3) is 0 Å². The average molecular weight is 311 g/mol. The highest BCUT2D eigenvalue weighted by atomic mass is 32.2.